The summed E-state index contributed by atoms with van der Waals surface area (Å²) in [6.07, 6.45) is 0. The van der Waals surface area contributed by atoms with Crippen molar-refractivity contribution >= 4 is 34.1 Å². The molecule has 7 aromatic rings. The molecule has 240 valence electrons. The molecule has 0 N–H and O–H groups in total. The fourth-order valence-electron chi connectivity index (χ4n) is 5.99. The topological polar surface area (TPSA) is 15.7 Å². The minimum Gasteiger partial charge on any atom is -0.457 e. The Morgan fingerprint density at radius 3 is 0.755 bits per heavy atom. The molecule has 0 unspecified atom stereocenters. The van der Waals surface area contributed by atoms with Gasteiger partial charge in [-0.3, -0.25) is 0 Å². The van der Waals surface area contributed by atoms with E-state index in [9.17, 15) is 0 Å². The second kappa shape index (κ2) is 14.0. The molecule has 0 saturated heterocycles. The van der Waals surface area contributed by atoms with Crippen LogP contribution in [-0.4, -0.2) is 0 Å². The lowest BCUT2D eigenvalue weighted by molar-refractivity contribution is 0.483. The van der Waals surface area contributed by atoms with Gasteiger partial charge in [0.25, 0.3) is 0 Å². The maximum atomic E-state index is 6.29. The van der Waals surface area contributed by atoms with Crippen LogP contribution in [0.2, 0.25) is 0 Å². The first-order valence-corrected chi connectivity index (χ1v) is 16.7. The third-order valence-electron chi connectivity index (χ3n) is 8.81. The zero-order valence-corrected chi connectivity index (χ0v) is 28.5. The molecule has 0 spiro atoms. The number of anilines is 6. The van der Waals surface area contributed by atoms with Gasteiger partial charge >= 0.3 is 0 Å². The van der Waals surface area contributed by atoms with Gasteiger partial charge in [0.2, 0.25) is 0 Å². The minimum absolute atomic E-state index is 0.793. The lowest BCUT2D eigenvalue weighted by Crippen LogP contribution is -2.09. The number of hydrogen-bond donors (Lipinski definition) is 0. The van der Waals surface area contributed by atoms with Gasteiger partial charge in [0.15, 0.2) is 0 Å². The molecule has 0 aliphatic heterocycles. The summed E-state index contributed by atoms with van der Waals surface area (Å²) >= 11 is 0. The van der Waals surface area contributed by atoms with Crippen molar-refractivity contribution < 1.29 is 4.74 Å². The summed E-state index contributed by atoms with van der Waals surface area (Å²) in [7, 11) is 0. The number of nitrogens with zero attached hydrogens (tertiary/aromatic N) is 2. The molecule has 7 aromatic carbocycles. The highest BCUT2D eigenvalue weighted by Gasteiger charge is 2.14. The van der Waals surface area contributed by atoms with E-state index in [-0.39, 0.29) is 0 Å². The third kappa shape index (κ3) is 7.27. The van der Waals surface area contributed by atoms with Crippen LogP contribution >= 0.6 is 0 Å². The fourth-order valence-corrected chi connectivity index (χ4v) is 5.99. The molecule has 0 radical (unpaired) electrons. The van der Waals surface area contributed by atoms with Crippen molar-refractivity contribution in [2.75, 3.05) is 9.80 Å². The van der Waals surface area contributed by atoms with Gasteiger partial charge in [-0.05, 0) is 136 Å². The van der Waals surface area contributed by atoms with Crippen molar-refractivity contribution in [1.29, 1.82) is 0 Å². The van der Waals surface area contributed by atoms with E-state index in [2.05, 4.69) is 183 Å². The molecule has 0 aromatic heterocycles. The van der Waals surface area contributed by atoms with Crippen LogP contribution < -0.4 is 14.5 Å². The van der Waals surface area contributed by atoms with Gasteiger partial charge in [0, 0.05) is 34.1 Å². The number of aryl methyl sites for hydroxylation is 4. The normalized spacial score (nSPS) is 10.9. The summed E-state index contributed by atoms with van der Waals surface area (Å²) in [5, 5.41) is 0. The average Bonchev–Trinajstić information content (AvgIpc) is 3.13. The third-order valence-corrected chi connectivity index (χ3v) is 8.81. The van der Waals surface area contributed by atoms with E-state index < -0.39 is 0 Å². The molecule has 3 nitrogen and oxygen atoms in total. The van der Waals surface area contributed by atoms with Crippen LogP contribution in [0.5, 0.6) is 11.5 Å². The summed E-state index contributed by atoms with van der Waals surface area (Å²) in [4.78, 5) is 4.56. The Morgan fingerprint density at radius 2 is 0.469 bits per heavy atom. The average molecular weight is 637 g/mol. The number of ether oxygens (including phenoxy) is 1. The van der Waals surface area contributed by atoms with Crippen LogP contribution in [0, 0.1) is 27.7 Å². The van der Waals surface area contributed by atoms with Crippen LogP contribution in [0.15, 0.2) is 170 Å². The minimum atomic E-state index is 0.793. The molecule has 0 saturated carbocycles. The Balaban J connectivity index is 1.08. The first-order chi connectivity index (χ1) is 23.9. The van der Waals surface area contributed by atoms with Crippen LogP contribution in [0.4, 0.5) is 34.1 Å². The highest BCUT2D eigenvalue weighted by Crippen LogP contribution is 2.38. The Labute approximate surface area is 290 Å². The van der Waals surface area contributed by atoms with Gasteiger partial charge < -0.3 is 14.5 Å². The maximum Gasteiger partial charge on any atom is 0.127 e. The van der Waals surface area contributed by atoms with Crippen molar-refractivity contribution in [2.45, 2.75) is 27.7 Å². The van der Waals surface area contributed by atoms with E-state index in [0.29, 0.717) is 0 Å². The summed E-state index contributed by atoms with van der Waals surface area (Å²) in [6, 6.07) is 60.0. The van der Waals surface area contributed by atoms with Crippen molar-refractivity contribution in [3.8, 4) is 22.6 Å². The maximum absolute atomic E-state index is 6.29. The van der Waals surface area contributed by atoms with E-state index in [0.717, 1.165) is 56.8 Å². The van der Waals surface area contributed by atoms with Crippen molar-refractivity contribution in [3.63, 3.8) is 0 Å². The number of hydrogen-bond acceptors (Lipinski definition) is 3. The van der Waals surface area contributed by atoms with Gasteiger partial charge in [-0.2, -0.15) is 0 Å². The molecular weight excluding hydrogens is 597 g/mol. The van der Waals surface area contributed by atoms with E-state index in [4.69, 9.17) is 4.74 Å². The lowest BCUT2D eigenvalue weighted by Gasteiger charge is -2.26. The van der Waals surface area contributed by atoms with Crippen molar-refractivity contribution in [1.82, 2.24) is 0 Å². The van der Waals surface area contributed by atoms with Gasteiger partial charge in [-0.15, -0.1) is 0 Å². The molecule has 0 aliphatic rings. The Kier molecular flexibility index (Phi) is 8.99. The number of rotatable bonds is 9. The summed E-state index contributed by atoms with van der Waals surface area (Å²) < 4.78 is 6.29. The predicted molar refractivity (Wildman–Crippen MR) is 207 cm³/mol. The van der Waals surface area contributed by atoms with E-state index in [1.165, 1.54) is 22.3 Å². The van der Waals surface area contributed by atoms with Crippen LogP contribution in [-0.2, 0) is 0 Å². The molecule has 0 amide bonds. The van der Waals surface area contributed by atoms with Gasteiger partial charge in [0.05, 0.1) is 0 Å². The van der Waals surface area contributed by atoms with Crippen LogP contribution in [0.3, 0.4) is 0 Å². The molecule has 0 atom stereocenters. The van der Waals surface area contributed by atoms with Crippen LogP contribution in [0.25, 0.3) is 11.1 Å². The Bertz CT molecular complexity index is 2020. The monoisotopic (exact) mass is 636 g/mol. The highest BCUT2D eigenvalue weighted by atomic mass is 16.5. The Hall–Kier alpha value is -6.06. The molecule has 7 rings (SSSR count). The largest absolute Gasteiger partial charge is 0.457 e. The van der Waals surface area contributed by atoms with Gasteiger partial charge in [-0.1, -0.05) is 95.1 Å². The SMILES string of the molecule is Cc1ccc(N(c2ccc(C)cc2)c2ccc(Oc3ccc(-c4ccc(N(c5ccc(C)cc5)c5ccc(C)cc5)cc4)cc3)cc2)cc1. The zero-order chi connectivity index (χ0) is 33.7. The zero-order valence-electron chi connectivity index (χ0n) is 28.5. The molecule has 49 heavy (non-hydrogen) atoms. The number of benzene rings is 7. The second-order valence-corrected chi connectivity index (χ2v) is 12.7. The van der Waals surface area contributed by atoms with E-state index >= 15 is 0 Å². The first-order valence-electron chi connectivity index (χ1n) is 16.7. The standard InChI is InChI=1S/C46H40N2O/c1-33-5-17-39(18-6-33)47(40-19-7-34(2)8-20-40)43-25-13-37(14-26-43)38-15-29-45(30-16-38)49-46-31-27-44(28-32-46)48(41-21-9-35(3)10-22-41)42-23-11-36(4)12-24-42/h5-32H,1-4H3. The molecule has 0 heterocycles. The van der Waals surface area contributed by atoms with Gasteiger partial charge in [0.1, 0.15) is 11.5 Å². The van der Waals surface area contributed by atoms with Crippen LogP contribution in [0.1, 0.15) is 22.3 Å². The summed E-state index contributed by atoms with van der Waals surface area (Å²) in [5.74, 6) is 1.59. The second-order valence-electron chi connectivity index (χ2n) is 12.7. The first kappa shape index (κ1) is 31.5. The van der Waals surface area contributed by atoms with Crippen molar-refractivity contribution in [3.05, 3.63) is 192 Å². The predicted octanol–water partition coefficient (Wildman–Crippen LogP) is 13.3. The molecule has 3 heteroatoms. The smallest absolute Gasteiger partial charge is 0.127 e. The van der Waals surface area contributed by atoms with E-state index in [1.54, 1.807) is 0 Å². The molecule has 0 fully saturated rings. The highest BCUT2D eigenvalue weighted by molar-refractivity contribution is 5.79. The quantitative estimate of drug-likeness (QED) is 0.157. The Morgan fingerprint density at radius 1 is 0.265 bits per heavy atom. The molecule has 0 bridgehead atoms. The molecule has 0 aliphatic carbocycles. The lowest BCUT2D eigenvalue weighted by atomic mass is 10.0. The van der Waals surface area contributed by atoms with Gasteiger partial charge in [-0.25, -0.2) is 0 Å². The summed E-state index contributed by atoms with van der Waals surface area (Å²) in [6.45, 7) is 8.47. The fraction of sp³-hybridized carbons (Fsp3) is 0.0870. The van der Waals surface area contributed by atoms with Crippen molar-refractivity contribution in [2.24, 2.45) is 0 Å². The van der Waals surface area contributed by atoms with E-state index in [1.807, 2.05) is 24.3 Å². The summed E-state index contributed by atoms with van der Waals surface area (Å²) in [5.41, 5.74) is 13.9. The molecular formula is C46H40N2O.